The van der Waals surface area contributed by atoms with Gasteiger partial charge in [-0.15, -0.1) is 0 Å². The number of para-hydroxylation sites is 1. The molecule has 2 aromatic rings. The van der Waals surface area contributed by atoms with E-state index in [0.29, 0.717) is 32.1 Å². The van der Waals surface area contributed by atoms with Crippen LogP contribution in [0.25, 0.3) is 0 Å². The van der Waals surface area contributed by atoms with Gasteiger partial charge >= 0.3 is 6.03 Å². The summed E-state index contributed by atoms with van der Waals surface area (Å²) in [5.74, 6) is -0.208. The molecule has 4 aliphatic heterocycles. The quantitative estimate of drug-likeness (QED) is 0.498. The number of anilines is 1. The molecule has 3 saturated heterocycles. The zero-order chi connectivity index (χ0) is 32.2. The second-order valence-corrected chi connectivity index (χ2v) is 14.1. The van der Waals surface area contributed by atoms with Gasteiger partial charge in [-0.05, 0) is 101 Å². The number of likely N-dealkylation sites (tertiary alicyclic amines) is 2. The number of nitrogens with zero attached hydrogens (tertiary/aromatic N) is 5. The van der Waals surface area contributed by atoms with Crippen molar-refractivity contribution >= 4 is 23.5 Å². The summed E-state index contributed by atoms with van der Waals surface area (Å²) >= 11 is 0. The molecule has 6 rings (SSSR count). The fourth-order valence-electron chi connectivity index (χ4n) is 7.89. The molecule has 0 aromatic heterocycles. The molecule has 0 bridgehead atoms. The molecule has 2 aromatic carbocycles. The highest BCUT2D eigenvalue weighted by molar-refractivity contribution is 5.91. The molecule has 46 heavy (non-hydrogen) atoms. The number of hydrogen-bond donors (Lipinski definition) is 1. The number of carbonyl (C=O) groups excluding carboxylic acids is 3. The lowest BCUT2D eigenvalue weighted by Crippen LogP contribution is -2.55. The fourth-order valence-corrected chi connectivity index (χ4v) is 7.89. The molecule has 4 heterocycles. The third-order valence-corrected chi connectivity index (χ3v) is 11.1. The van der Waals surface area contributed by atoms with E-state index in [-0.39, 0.29) is 36.2 Å². The summed E-state index contributed by atoms with van der Waals surface area (Å²) in [5, 5.41) is 3.09. The van der Waals surface area contributed by atoms with E-state index in [0.717, 1.165) is 75.3 Å². The smallest absolute Gasteiger partial charge is 0.322 e. The van der Waals surface area contributed by atoms with Crippen LogP contribution in [0.4, 0.5) is 10.5 Å². The highest BCUT2D eigenvalue weighted by Crippen LogP contribution is 2.27. The van der Waals surface area contributed by atoms with Crippen LogP contribution in [-0.2, 0) is 22.4 Å². The fraction of sp³-hybridized carbons (Fsp3) is 0.595. The lowest BCUT2D eigenvalue weighted by atomic mass is 9.91. The SMILES string of the molecule is Cc1ccc(CC(CC(=O)N2CCC(N3CCc4ccccc4NC3=O)CC2)C(=O)N2CCN(C3CCN(C)CC3)CC2)cc1C. The van der Waals surface area contributed by atoms with Gasteiger partial charge in [-0.25, -0.2) is 4.79 Å². The Morgan fingerprint density at radius 1 is 0.804 bits per heavy atom. The van der Waals surface area contributed by atoms with Crippen molar-refractivity contribution in [2.24, 2.45) is 5.92 Å². The van der Waals surface area contributed by atoms with Crippen LogP contribution >= 0.6 is 0 Å². The van der Waals surface area contributed by atoms with Crippen LogP contribution in [0.1, 0.15) is 54.4 Å². The summed E-state index contributed by atoms with van der Waals surface area (Å²) in [6, 6.07) is 15.1. The first-order chi connectivity index (χ1) is 22.2. The topological polar surface area (TPSA) is 79.4 Å². The van der Waals surface area contributed by atoms with E-state index in [2.05, 4.69) is 60.3 Å². The first-order valence-corrected chi connectivity index (χ1v) is 17.5. The van der Waals surface area contributed by atoms with Crippen molar-refractivity contribution in [2.45, 2.75) is 70.9 Å². The summed E-state index contributed by atoms with van der Waals surface area (Å²) < 4.78 is 0. The number of hydrogen-bond acceptors (Lipinski definition) is 5. The van der Waals surface area contributed by atoms with Gasteiger partial charge in [0.2, 0.25) is 11.8 Å². The maximum Gasteiger partial charge on any atom is 0.322 e. The maximum atomic E-state index is 14.1. The molecule has 9 nitrogen and oxygen atoms in total. The number of amides is 4. The van der Waals surface area contributed by atoms with E-state index in [1.165, 1.54) is 24.0 Å². The summed E-state index contributed by atoms with van der Waals surface area (Å²) in [6.45, 7) is 11.7. The Kier molecular flexibility index (Phi) is 10.3. The molecular formula is C37H52N6O3. The standard InChI is InChI=1S/C37H52N6O3/c1-27-8-9-29(24-28(27)2)25-31(36(45)42-22-20-40(21-23-42)32-11-15-39(3)16-12-32)26-35(44)41-17-13-33(14-18-41)43-19-10-30-6-4-5-7-34(30)38-37(43)46/h4-9,24,31-33H,10-23,25-26H2,1-3H3,(H,38,46). The van der Waals surface area contributed by atoms with Gasteiger partial charge in [0.15, 0.2) is 0 Å². The first-order valence-electron chi connectivity index (χ1n) is 17.5. The van der Waals surface area contributed by atoms with Crippen molar-refractivity contribution in [1.29, 1.82) is 0 Å². The van der Waals surface area contributed by atoms with Crippen LogP contribution in [0.2, 0.25) is 0 Å². The van der Waals surface area contributed by atoms with Crippen LogP contribution in [0, 0.1) is 19.8 Å². The molecule has 1 unspecified atom stereocenters. The lowest BCUT2D eigenvalue weighted by molar-refractivity contribution is -0.143. The van der Waals surface area contributed by atoms with Crippen molar-refractivity contribution in [2.75, 3.05) is 71.3 Å². The Balaban J connectivity index is 1.07. The number of nitrogens with one attached hydrogen (secondary N) is 1. The predicted octanol–water partition coefficient (Wildman–Crippen LogP) is 4.17. The Bertz CT molecular complexity index is 1390. The van der Waals surface area contributed by atoms with Gasteiger partial charge in [0.25, 0.3) is 0 Å². The molecule has 4 amide bonds. The molecule has 0 aliphatic carbocycles. The highest BCUT2D eigenvalue weighted by Gasteiger charge is 2.35. The van der Waals surface area contributed by atoms with E-state index in [9.17, 15) is 14.4 Å². The normalized spacial score (nSPS) is 21.5. The average Bonchev–Trinajstić information content (AvgIpc) is 3.24. The Hall–Kier alpha value is -3.43. The minimum Gasteiger partial charge on any atom is -0.343 e. The lowest BCUT2D eigenvalue weighted by Gasteiger charge is -2.43. The summed E-state index contributed by atoms with van der Waals surface area (Å²) in [7, 11) is 2.19. The number of fused-ring (bicyclic) bond motifs is 1. The van der Waals surface area contributed by atoms with E-state index < -0.39 is 0 Å². The number of piperidine rings is 2. The van der Waals surface area contributed by atoms with Crippen LogP contribution < -0.4 is 5.32 Å². The number of urea groups is 1. The van der Waals surface area contributed by atoms with E-state index in [1.54, 1.807) is 0 Å². The second kappa shape index (κ2) is 14.6. The van der Waals surface area contributed by atoms with Crippen LogP contribution in [0.15, 0.2) is 42.5 Å². The third kappa shape index (κ3) is 7.58. The maximum absolute atomic E-state index is 14.1. The monoisotopic (exact) mass is 628 g/mol. The third-order valence-electron chi connectivity index (χ3n) is 11.1. The minimum atomic E-state index is -0.378. The predicted molar refractivity (Wildman–Crippen MR) is 182 cm³/mol. The number of rotatable bonds is 7. The molecule has 248 valence electrons. The molecule has 1 N–H and O–H groups in total. The van der Waals surface area contributed by atoms with Gasteiger partial charge in [-0.2, -0.15) is 0 Å². The van der Waals surface area contributed by atoms with Crippen LogP contribution in [0.5, 0.6) is 0 Å². The highest BCUT2D eigenvalue weighted by atomic mass is 16.2. The van der Waals surface area contributed by atoms with Crippen LogP contribution in [0.3, 0.4) is 0 Å². The molecular weight excluding hydrogens is 576 g/mol. The molecule has 0 spiro atoms. The molecule has 9 heteroatoms. The Morgan fingerprint density at radius 3 is 2.22 bits per heavy atom. The van der Waals surface area contributed by atoms with Gasteiger partial charge < -0.3 is 24.9 Å². The van der Waals surface area contributed by atoms with Gasteiger partial charge in [0.05, 0.1) is 5.92 Å². The van der Waals surface area contributed by atoms with Gasteiger partial charge in [-0.3, -0.25) is 14.5 Å². The largest absolute Gasteiger partial charge is 0.343 e. The molecule has 3 fully saturated rings. The molecule has 1 atom stereocenters. The Morgan fingerprint density at radius 2 is 1.50 bits per heavy atom. The van der Waals surface area contributed by atoms with E-state index >= 15 is 0 Å². The van der Waals surface area contributed by atoms with Gasteiger partial charge in [0.1, 0.15) is 0 Å². The molecule has 0 saturated carbocycles. The van der Waals surface area contributed by atoms with Crippen molar-refractivity contribution in [3.8, 4) is 0 Å². The van der Waals surface area contributed by atoms with Crippen molar-refractivity contribution < 1.29 is 14.4 Å². The number of carbonyl (C=O) groups is 3. The van der Waals surface area contributed by atoms with Crippen LogP contribution in [-0.4, -0.2) is 120 Å². The number of benzene rings is 2. The second-order valence-electron chi connectivity index (χ2n) is 14.1. The zero-order valence-electron chi connectivity index (χ0n) is 28.0. The Labute approximate surface area is 274 Å². The first kappa shape index (κ1) is 32.5. The summed E-state index contributed by atoms with van der Waals surface area (Å²) in [4.78, 5) is 51.9. The average molecular weight is 629 g/mol. The summed E-state index contributed by atoms with van der Waals surface area (Å²) in [5.41, 5.74) is 5.62. The summed E-state index contributed by atoms with van der Waals surface area (Å²) in [6.07, 6.45) is 5.52. The van der Waals surface area contributed by atoms with Gasteiger partial charge in [0, 0.05) is 70.0 Å². The van der Waals surface area contributed by atoms with E-state index in [4.69, 9.17) is 0 Å². The number of piperazine rings is 1. The van der Waals surface area contributed by atoms with Crippen molar-refractivity contribution in [3.05, 3.63) is 64.7 Å². The zero-order valence-corrected chi connectivity index (χ0v) is 28.0. The molecule has 0 radical (unpaired) electrons. The van der Waals surface area contributed by atoms with E-state index in [1.807, 2.05) is 32.9 Å². The van der Waals surface area contributed by atoms with Crippen molar-refractivity contribution in [1.82, 2.24) is 24.5 Å². The van der Waals surface area contributed by atoms with Gasteiger partial charge in [-0.1, -0.05) is 36.4 Å². The van der Waals surface area contributed by atoms with Crippen molar-refractivity contribution in [3.63, 3.8) is 0 Å². The minimum absolute atomic E-state index is 0.0512. The number of aryl methyl sites for hydroxylation is 2. The molecule has 4 aliphatic rings.